The van der Waals surface area contributed by atoms with E-state index >= 15 is 0 Å². The van der Waals surface area contributed by atoms with Crippen molar-refractivity contribution in [2.75, 3.05) is 20.7 Å². The lowest BCUT2D eigenvalue weighted by atomic mass is 9.97. The lowest BCUT2D eigenvalue weighted by Crippen LogP contribution is -2.63. The number of esters is 3. The topological polar surface area (TPSA) is 109 Å². The molecule has 1 aliphatic heterocycles. The number of carbonyl (C=O) groups is 3. The summed E-state index contributed by atoms with van der Waals surface area (Å²) in [4.78, 5) is 34.2. The Hall–Kier alpha value is -1.71. The van der Waals surface area contributed by atoms with Gasteiger partial charge in [0.1, 0.15) is 6.10 Å². The highest BCUT2D eigenvalue weighted by Gasteiger charge is 2.51. The first-order valence-electron chi connectivity index (χ1n) is 7.14. The first-order chi connectivity index (χ1) is 10.8. The number of likely N-dealkylation sites (N-methyl/N-ethyl adjacent to an activating group) is 1. The molecule has 9 heteroatoms. The van der Waals surface area contributed by atoms with Crippen molar-refractivity contribution in [2.45, 2.75) is 51.5 Å². The first kappa shape index (κ1) is 19.3. The average Bonchev–Trinajstić information content (AvgIpc) is 2.43. The molecule has 1 saturated heterocycles. The number of ether oxygens (including phenoxy) is 5. The van der Waals surface area contributed by atoms with Crippen molar-refractivity contribution in [3.8, 4) is 0 Å². The standard InChI is InChI=1S/C14H23NO8/c1-7(16)20-11-10(6-15-4)23-14(19-5)13(22-9(3)18)12(11)21-8(2)17/h10-15H,6H2,1-5H3. The van der Waals surface area contributed by atoms with Gasteiger partial charge in [0, 0.05) is 34.4 Å². The Morgan fingerprint density at radius 3 is 1.83 bits per heavy atom. The number of hydrogen-bond acceptors (Lipinski definition) is 9. The molecule has 9 nitrogen and oxygen atoms in total. The van der Waals surface area contributed by atoms with Crippen LogP contribution in [-0.2, 0) is 38.1 Å². The van der Waals surface area contributed by atoms with E-state index in [0.717, 1.165) is 0 Å². The molecule has 0 radical (unpaired) electrons. The second-order valence-electron chi connectivity index (χ2n) is 5.06. The van der Waals surface area contributed by atoms with Crippen molar-refractivity contribution in [2.24, 2.45) is 0 Å². The molecule has 0 aromatic rings. The highest BCUT2D eigenvalue weighted by molar-refractivity contribution is 5.68. The van der Waals surface area contributed by atoms with E-state index < -0.39 is 48.6 Å². The van der Waals surface area contributed by atoms with Crippen LogP contribution in [0, 0.1) is 0 Å². The molecule has 1 N–H and O–H groups in total. The minimum absolute atomic E-state index is 0.308. The van der Waals surface area contributed by atoms with Gasteiger partial charge in [-0.15, -0.1) is 0 Å². The fraction of sp³-hybridized carbons (Fsp3) is 0.786. The van der Waals surface area contributed by atoms with E-state index in [-0.39, 0.29) is 0 Å². The van der Waals surface area contributed by atoms with Crippen LogP contribution in [0.25, 0.3) is 0 Å². The van der Waals surface area contributed by atoms with Crippen LogP contribution in [-0.4, -0.2) is 69.3 Å². The quantitative estimate of drug-likeness (QED) is 0.502. The summed E-state index contributed by atoms with van der Waals surface area (Å²) in [5.41, 5.74) is 0. The third-order valence-corrected chi connectivity index (χ3v) is 3.13. The van der Waals surface area contributed by atoms with Gasteiger partial charge in [0.05, 0.1) is 0 Å². The van der Waals surface area contributed by atoms with Crippen LogP contribution in [0.15, 0.2) is 0 Å². The van der Waals surface area contributed by atoms with Crippen LogP contribution in [0.5, 0.6) is 0 Å². The number of hydrogen-bond donors (Lipinski definition) is 1. The van der Waals surface area contributed by atoms with E-state index in [2.05, 4.69) is 5.32 Å². The summed E-state index contributed by atoms with van der Waals surface area (Å²) in [5.74, 6) is -1.79. The van der Waals surface area contributed by atoms with Gasteiger partial charge in [0.25, 0.3) is 0 Å². The minimum atomic E-state index is -1.06. The van der Waals surface area contributed by atoms with E-state index in [1.165, 1.54) is 27.9 Å². The Bertz CT molecular complexity index is 440. The molecule has 5 atom stereocenters. The van der Waals surface area contributed by atoms with Crippen molar-refractivity contribution < 1.29 is 38.1 Å². The van der Waals surface area contributed by atoms with Crippen LogP contribution in [0.2, 0.25) is 0 Å². The lowest BCUT2D eigenvalue weighted by Gasteiger charge is -2.43. The van der Waals surface area contributed by atoms with Gasteiger partial charge in [0.15, 0.2) is 24.6 Å². The molecule has 23 heavy (non-hydrogen) atoms. The maximum Gasteiger partial charge on any atom is 0.303 e. The first-order valence-corrected chi connectivity index (χ1v) is 7.14. The van der Waals surface area contributed by atoms with Crippen LogP contribution in [0.1, 0.15) is 20.8 Å². The highest BCUT2D eigenvalue weighted by Crippen LogP contribution is 2.28. The smallest absolute Gasteiger partial charge is 0.303 e. The van der Waals surface area contributed by atoms with Gasteiger partial charge in [-0.2, -0.15) is 0 Å². The lowest BCUT2D eigenvalue weighted by molar-refractivity contribution is -0.296. The number of rotatable bonds is 6. The highest BCUT2D eigenvalue weighted by atomic mass is 16.7. The molecule has 1 rings (SSSR count). The normalized spacial score (nSPS) is 30.4. The number of methoxy groups -OCH3 is 1. The van der Waals surface area contributed by atoms with Crippen LogP contribution in [0.3, 0.4) is 0 Å². The molecule has 0 saturated carbocycles. The zero-order chi connectivity index (χ0) is 17.6. The molecule has 132 valence electrons. The molecular weight excluding hydrogens is 310 g/mol. The Morgan fingerprint density at radius 2 is 1.39 bits per heavy atom. The predicted octanol–water partition coefficient (Wildman–Crippen LogP) is -0.628. The van der Waals surface area contributed by atoms with E-state index in [9.17, 15) is 14.4 Å². The monoisotopic (exact) mass is 333 g/mol. The van der Waals surface area contributed by atoms with Gasteiger partial charge in [0.2, 0.25) is 0 Å². The van der Waals surface area contributed by atoms with Crippen molar-refractivity contribution in [1.82, 2.24) is 5.32 Å². The van der Waals surface area contributed by atoms with E-state index in [1.807, 2.05) is 0 Å². The van der Waals surface area contributed by atoms with Crippen molar-refractivity contribution in [3.63, 3.8) is 0 Å². The summed E-state index contributed by atoms with van der Waals surface area (Å²) in [6, 6.07) is 0. The molecule has 0 aromatic heterocycles. The SMILES string of the molecule is CNCC1OC(OC)C(OC(C)=O)C(OC(C)=O)C1OC(C)=O. The molecular formula is C14H23NO8. The molecule has 0 aromatic carbocycles. The summed E-state index contributed by atoms with van der Waals surface area (Å²) in [7, 11) is 3.06. The molecule has 0 bridgehead atoms. The Labute approximate surface area is 134 Å². The second-order valence-corrected chi connectivity index (χ2v) is 5.06. The van der Waals surface area contributed by atoms with Gasteiger partial charge < -0.3 is 29.0 Å². The summed E-state index contributed by atoms with van der Waals surface area (Å²) < 4.78 is 26.5. The van der Waals surface area contributed by atoms with E-state index in [4.69, 9.17) is 23.7 Å². The maximum atomic E-state index is 11.4. The van der Waals surface area contributed by atoms with Crippen LogP contribution < -0.4 is 5.32 Å². The predicted molar refractivity (Wildman–Crippen MR) is 76.3 cm³/mol. The summed E-state index contributed by atoms with van der Waals surface area (Å²) >= 11 is 0. The largest absolute Gasteiger partial charge is 0.456 e. The van der Waals surface area contributed by atoms with Gasteiger partial charge in [-0.05, 0) is 7.05 Å². The second kappa shape index (κ2) is 8.80. The molecule has 0 aliphatic carbocycles. The van der Waals surface area contributed by atoms with Gasteiger partial charge in [-0.25, -0.2) is 0 Å². The number of carbonyl (C=O) groups excluding carboxylic acids is 3. The van der Waals surface area contributed by atoms with Crippen molar-refractivity contribution >= 4 is 17.9 Å². The van der Waals surface area contributed by atoms with Gasteiger partial charge >= 0.3 is 17.9 Å². The zero-order valence-electron chi connectivity index (χ0n) is 13.9. The van der Waals surface area contributed by atoms with Crippen LogP contribution >= 0.6 is 0 Å². The van der Waals surface area contributed by atoms with E-state index in [0.29, 0.717) is 6.54 Å². The van der Waals surface area contributed by atoms with Crippen LogP contribution in [0.4, 0.5) is 0 Å². The molecule has 1 aliphatic rings. The van der Waals surface area contributed by atoms with Gasteiger partial charge in [-0.3, -0.25) is 14.4 Å². The molecule has 1 heterocycles. The Morgan fingerprint density at radius 1 is 0.913 bits per heavy atom. The minimum Gasteiger partial charge on any atom is -0.456 e. The number of nitrogens with one attached hydrogen (secondary N) is 1. The van der Waals surface area contributed by atoms with Gasteiger partial charge in [-0.1, -0.05) is 0 Å². The fourth-order valence-electron chi connectivity index (χ4n) is 2.41. The zero-order valence-corrected chi connectivity index (χ0v) is 13.9. The molecule has 5 unspecified atom stereocenters. The fourth-order valence-corrected chi connectivity index (χ4v) is 2.41. The Balaban J connectivity index is 3.16. The van der Waals surface area contributed by atoms with Crippen molar-refractivity contribution in [1.29, 1.82) is 0 Å². The average molecular weight is 333 g/mol. The third kappa shape index (κ3) is 5.45. The molecule has 0 amide bonds. The summed E-state index contributed by atoms with van der Waals surface area (Å²) in [5, 5.41) is 2.89. The molecule has 0 spiro atoms. The van der Waals surface area contributed by atoms with Crippen molar-refractivity contribution in [3.05, 3.63) is 0 Å². The maximum absolute atomic E-state index is 11.4. The summed E-state index contributed by atoms with van der Waals surface area (Å²) in [6.45, 7) is 3.95. The summed E-state index contributed by atoms with van der Waals surface area (Å²) in [6.07, 6.45) is -4.66. The van der Waals surface area contributed by atoms with E-state index in [1.54, 1.807) is 7.05 Å². The third-order valence-electron chi connectivity index (χ3n) is 3.13. The molecule has 1 fully saturated rings. The Kier molecular flexibility index (Phi) is 7.40.